The summed E-state index contributed by atoms with van der Waals surface area (Å²) in [5.74, 6) is -0.626. The van der Waals surface area contributed by atoms with Crippen LogP contribution in [0.4, 0.5) is 11.4 Å². The van der Waals surface area contributed by atoms with Crippen LogP contribution < -0.4 is 0 Å². The highest BCUT2D eigenvalue weighted by Gasteiger charge is 2.27. The number of nitro benzene ring substituents is 2. The number of rotatable bonds is 7. The molecule has 0 spiro atoms. The van der Waals surface area contributed by atoms with Crippen molar-refractivity contribution in [1.82, 2.24) is 9.88 Å². The number of nitro groups is 2. The number of aromatic nitrogens is 1. The lowest BCUT2D eigenvalue weighted by atomic mass is 10.0. The maximum Gasteiger partial charge on any atom is 0.279 e. The third-order valence-corrected chi connectivity index (χ3v) is 3.88. The number of benzene rings is 1. The van der Waals surface area contributed by atoms with Crippen LogP contribution in [-0.2, 0) is 6.54 Å². The molecule has 0 unspecified atom stereocenters. The molecule has 0 aliphatic rings. The number of hydrogen-bond acceptors (Lipinski definition) is 7. The van der Waals surface area contributed by atoms with Crippen molar-refractivity contribution >= 4 is 17.3 Å². The van der Waals surface area contributed by atoms with Crippen LogP contribution in [0.25, 0.3) is 0 Å². The third-order valence-electron chi connectivity index (χ3n) is 3.88. The van der Waals surface area contributed by atoms with Crippen molar-refractivity contribution in [2.75, 3.05) is 6.54 Å². The molecule has 27 heavy (non-hydrogen) atoms. The maximum absolute atomic E-state index is 13.0. The summed E-state index contributed by atoms with van der Waals surface area (Å²) in [7, 11) is 0. The molecule has 0 saturated carbocycles. The Kier molecular flexibility index (Phi) is 6.11. The van der Waals surface area contributed by atoms with Gasteiger partial charge in [-0.05, 0) is 18.6 Å². The minimum atomic E-state index is -0.788. The molecule has 1 heterocycles. The molecule has 10 heteroatoms. The standard InChI is InChI=1S/C17H15N5O5/c1-12-15(8-14(21(24)25)9-16(12)22(26)27)17(23)20(7-3-5-18)11-13-4-2-6-19-10-13/h2,4,6,8-10H,3,7,11H2,1H3. The van der Waals surface area contributed by atoms with Gasteiger partial charge in [0, 0.05) is 37.1 Å². The Morgan fingerprint density at radius 2 is 2.04 bits per heavy atom. The molecule has 10 nitrogen and oxygen atoms in total. The lowest BCUT2D eigenvalue weighted by Crippen LogP contribution is -2.32. The van der Waals surface area contributed by atoms with Crippen LogP contribution in [-0.4, -0.2) is 32.2 Å². The summed E-state index contributed by atoms with van der Waals surface area (Å²) >= 11 is 0. The highest BCUT2D eigenvalue weighted by atomic mass is 16.6. The minimum Gasteiger partial charge on any atom is -0.333 e. The van der Waals surface area contributed by atoms with Gasteiger partial charge in [0.05, 0.1) is 34.0 Å². The Morgan fingerprint density at radius 1 is 1.30 bits per heavy atom. The van der Waals surface area contributed by atoms with E-state index in [4.69, 9.17) is 5.26 Å². The summed E-state index contributed by atoms with van der Waals surface area (Å²) in [4.78, 5) is 39.0. The second kappa shape index (κ2) is 8.48. The van der Waals surface area contributed by atoms with Crippen LogP contribution in [0.3, 0.4) is 0 Å². The first-order valence-electron chi connectivity index (χ1n) is 7.83. The van der Waals surface area contributed by atoms with E-state index in [0.29, 0.717) is 5.56 Å². The zero-order chi connectivity index (χ0) is 20.0. The number of nitrogens with zero attached hydrogens (tertiary/aromatic N) is 5. The minimum absolute atomic E-state index is 0.0312. The number of carbonyl (C=O) groups is 1. The van der Waals surface area contributed by atoms with Gasteiger partial charge in [0.2, 0.25) is 0 Å². The monoisotopic (exact) mass is 369 g/mol. The largest absolute Gasteiger partial charge is 0.333 e. The zero-order valence-corrected chi connectivity index (χ0v) is 14.4. The Hall–Kier alpha value is -3.87. The average molecular weight is 369 g/mol. The van der Waals surface area contributed by atoms with Gasteiger partial charge < -0.3 is 4.90 Å². The topological polar surface area (TPSA) is 143 Å². The predicted octanol–water partition coefficient (Wildman–Crippen LogP) is 2.76. The Bertz CT molecular complexity index is 923. The van der Waals surface area contributed by atoms with Crippen LogP contribution in [0.2, 0.25) is 0 Å². The van der Waals surface area contributed by atoms with Crippen molar-refractivity contribution in [1.29, 1.82) is 5.26 Å². The van der Waals surface area contributed by atoms with Gasteiger partial charge in [-0.2, -0.15) is 5.26 Å². The van der Waals surface area contributed by atoms with E-state index in [0.717, 1.165) is 12.1 Å². The van der Waals surface area contributed by atoms with Crippen LogP contribution >= 0.6 is 0 Å². The van der Waals surface area contributed by atoms with Crippen LogP contribution in [0, 0.1) is 38.5 Å². The fourth-order valence-corrected chi connectivity index (χ4v) is 2.52. The quantitative estimate of drug-likeness (QED) is 0.539. The van der Waals surface area contributed by atoms with Crippen LogP contribution in [0.1, 0.15) is 27.9 Å². The molecule has 2 rings (SSSR count). The van der Waals surface area contributed by atoms with Gasteiger partial charge in [0.1, 0.15) is 0 Å². The lowest BCUT2D eigenvalue weighted by molar-refractivity contribution is -0.394. The normalized spacial score (nSPS) is 10.1. The zero-order valence-electron chi connectivity index (χ0n) is 14.4. The van der Waals surface area contributed by atoms with E-state index in [1.807, 2.05) is 6.07 Å². The molecule has 0 aliphatic carbocycles. The second-order valence-corrected chi connectivity index (χ2v) is 5.65. The highest BCUT2D eigenvalue weighted by Crippen LogP contribution is 2.29. The molecule has 0 fully saturated rings. The average Bonchev–Trinajstić information content (AvgIpc) is 2.65. The van der Waals surface area contributed by atoms with Crippen molar-refractivity contribution in [3.8, 4) is 6.07 Å². The third kappa shape index (κ3) is 4.60. The van der Waals surface area contributed by atoms with Crippen molar-refractivity contribution in [2.24, 2.45) is 0 Å². The molecule has 0 saturated heterocycles. The second-order valence-electron chi connectivity index (χ2n) is 5.65. The molecule has 0 bridgehead atoms. The van der Waals surface area contributed by atoms with Gasteiger partial charge in [-0.25, -0.2) is 0 Å². The summed E-state index contributed by atoms with van der Waals surface area (Å²) in [5, 5.41) is 31.2. The van der Waals surface area contributed by atoms with Gasteiger partial charge in [-0.1, -0.05) is 6.07 Å². The Labute approximate surface area is 154 Å². The van der Waals surface area contributed by atoms with Crippen LogP contribution in [0.15, 0.2) is 36.7 Å². The van der Waals surface area contributed by atoms with Gasteiger partial charge in [-0.15, -0.1) is 0 Å². The van der Waals surface area contributed by atoms with E-state index >= 15 is 0 Å². The van der Waals surface area contributed by atoms with Crippen molar-refractivity contribution in [2.45, 2.75) is 19.9 Å². The summed E-state index contributed by atoms with van der Waals surface area (Å²) in [6.45, 7) is 1.55. The van der Waals surface area contributed by atoms with E-state index in [1.165, 1.54) is 11.8 Å². The summed E-state index contributed by atoms with van der Waals surface area (Å²) in [6.07, 6.45) is 3.16. The summed E-state index contributed by atoms with van der Waals surface area (Å²) < 4.78 is 0. The molecule has 0 aliphatic heterocycles. The molecule has 2 aromatic rings. The number of pyridine rings is 1. The van der Waals surface area contributed by atoms with Crippen molar-refractivity contribution in [3.05, 3.63) is 73.6 Å². The Morgan fingerprint density at radius 3 is 2.59 bits per heavy atom. The van der Waals surface area contributed by atoms with E-state index in [9.17, 15) is 25.0 Å². The van der Waals surface area contributed by atoms with Crippen LogP contribution in [0.5, 0.6) is 0 Å². The molecular formula is C17H15N5O5. The lowest BCUT2D eigenvalue weighted by Gasteiger charge is -2.22. The first kappa shape index (κ1) is 19.5. The van der Waals surface area contributed by atoms with E-state index in [2.05, 4.69) is 4.98 Å². The van der Waals surface area contributed by atoms with E-state index in [1.54, 1.807) is 24.5 Å². The van der Waals surface area contributed by atoms with Gasteiger partial charge in [-0.3, -0.25) is 30.0 Å². The summed E-state index contributed by atoms with van der Waals surface area (Å²) in [5.41, 5.74) is -0.464. The number of hydrogen-bond donors (Lipinski definition) is 0. The SMILES string of the molecule is Cc1c(C(=O)N(CCC#N)Cc2cccnc2)cc([N+](=O)[O-])cc1[N+](=O)[O-]. The predicted molar refractivity (Wildman–Crippen MR) is 93.7 cm³/mol. The maximum atomic E-state index is 13.0. The summed E-state index contributed by atoms with van der Waals surface area (Å²) in [6, 6.07) is 7.21. The number of carbonyl (C=O) groups excluding carboxylic acids is 1. The fourth-order valence-electron chi connectivity index (χ4n) is 2.52. The number of nitriles is 1. The van der Waals surface area contributed by atoms with E-state index < -0.39 is 27.1 Å². The number of non-ortho nitro benzene ring substituents is 1. The molecule has 138 valence electrons. The highest BCUT2D eigenvalue weighted by molar-refractivity contribution is 5.97. The van der Waals surface area contributed by atoms with Crippen molar-refractivity contribution in [3.63, 3.8) is 0 Å². The molecule has 0 N–H and O–H groups in total. The Balaban J connectivity index is 2.48. The molecule has 0 atom stereocenters. The first-order chi connectivity index (χ1) is 12.8. The van der Waals surface area contributed by atoms with Gasteiger partial charge in [0.25, 0.3) is 17.3 Å². The van der Waals surface area contributed by atoms with E-state index in [-0.39, 0.29) is 30.6 Å². The molecule has 1 aromatic heterocycles. The van der Waals surface area contributed by atoms with Gasteiger partial charge >= 0.3 is 0 Å². The van der Waals surface area contributed by atoms with Crippen molar-refractivity contribution < 1.29 is 14.6 Å². The fraction of sp³-hybridized carbons (Fsp3) is 0.235. The first-order valence-corrected chi connectivity index (χ1v) is 7.83. The van der Waals surface area contributed by atoms with Gasteiger partial charge in [0.15, 0.2) is 0 Å². The molecule has 0 radical (unpaired) electrons. The molecule has 1 aromatic carbocycles. The molecule has 1 amide bonds. The smallest absolute Gasteiger partial charge is 0.279 e. The number of amides is 1. The molecular weight excluding hydrogens is 354 g/mol.